The molecular weight excluding hydrogens is 303 g/mol. The second-order valence-corrected chi connectivity index (χ2v) is 7.01. The minimum atomic E-state index is -4.32. The molecule has 2 aliphatic heterocycles. The van der Waals surface area contributed by atoms with E-state index in [0.29, 0.717) is 36.4 Å². The molecule has 23 heavy (non-hydrogen) atoms. The van der Waals surface area contributed by atoms with E-state index in [1.807, 2.05) is 0 Å². The number of halogens is 3. The Bertz CT molecular complexity index is 513. The molecule has 2 fully saturated rings. The molecule has 1 N–H and O–H groups in total. The minimum absolute atomic E-state index is 0.437. The zero-order chi connectivity index (χ0) is 16.6. The van der Waals surface area contributed by atoms with Gasteiger partial charge in [0.2, 0.25) is 0 Å². The van der Waals surface area contributed by atoms with Gasteiger partial charge in [0.1, 0.15) is 0 Å². The molecular formula is C17H24F3N3. The number of rotatable bonds is 4. The number of hydrogen-bond acceptors (Lipinski definition) is 3. The van der Waals surface area contributed by atoms with Crippen LogP contribution in [0.4, 0.5) is 13.2 Å². The molecule has 0 aliphatic carbocycles. The number of nitrogens with zero attached hydrogens (tertiary/aromatic N) is 2. The standard InChI is InChI=1S/C17H24F3N3/c1-11(2)23-15-5-6-16(23)8-14(7-15)22-10-13-4-3-12(9-21-13)17(18,19)20/h3-4,9,11,14-16,22H,5-8,10H2,1-2H3/t14?,15-,16+. The minimum Gasteiger partial charge on any atom is -0.308 e. The van der Waals surface area contributed by atoms with Gasteiger partial charge in [0.25, 0.3) is 0 Å². The fraction of sp³-hybridized carbons (Fsp3) is 0.706. The Balaban J connectivity index is 1.54. The highest BCUT2D eigenvalue weighted by Gasteiger charge is 2.41. The van der Waals surface area contributed by atoms with Gasteiger partial charge >= 0.3 is 6.18 Å². The molecule has 3 nitrogen and oxygen atoms in total. The number of fused-ring (bicyclic) bond motifs is 2. The molecule has 3 rings (SSSR count). The summed E-state index contributed by atoms with van der Waals surface area (Å²) in [7, 11) is 0. The summed E-state index contributed by atoms with van der Waals surface area (Å²) in [6.07, 6.45) is 1.37. The van der Waals surface area contributed by atoms with E-state index in [2.05, 4.69) is 29.0 Å². The number of alkyl halides is 3. The Kier molecular flexibility index (Phi) is 4.65. The molecule has 1 aromatic heterocycles. The molecule has 2 saturated heterocycles. The van der Waals surface area contributed by atoms with Crippen LogP contribution in [0.2, 0.25) is 0 Å². The van der Waals surface area contributed by atoms with E-state index in [9.17, 15) is 13.2 Å². The first-order chi connectivity index (χ1) is 10.8. The summed E-state index contributed by atoms with van der Waals surface area (Å²) in [6.45, 7) is 5.04. The van der Waals surface area contributed by atoms with Crippen LogP contribution in [0.25, 0.3) is 0 Å². The number of aromatic nitrogens is 1. The van der Waals surface area contributed by atoms with Gasteiger partial charge in [-0.05, 0) is 51.7 Å². The van der Waals surface area contributed by atoms with Crippen molar-refractivity contribution >= 4 is 0 Å². The van der Waals surface area contributed by atoms with Crippen LogP contribution >= 0.6 is 0 Å². The average Bonchev–Trinajstić information content (AvgIpc) is 2.76. The van der Waals surface area contributed by atoms with Gasteiger partial charge in [-0.25, -0.2) is 0 Å². The summed E-state index contributed by atoms with van der Waals surface area (Å²) in [6, 6.07) is 4.89. The van der Waals surface area contributed by atoms with Crippen molar-refractivity contribution in [2.24, 2.45) is 0 Å². The van der Waals surface area contributed by atoms with Crippen LogP contribution in [0.15, 0.2) is 18.3 Å². The van der Waals surface area contributed by atoms with Crippen LogP contribution in [0.3, 0.4) is 0 Å². The SMILES string of the molecule is CC(C)N1[C@@H]2CC[C@H]1CC(NCc1ccc(C(F)(F)F)cn1)C2. The number of nitrogens with one attached hydrogen (secondary N) is 1. The summed E-state index contributed by atoms with van der Waals surface area (Å²) in [5.74, 6) is 0. The van der Waals surface area contributed by atoms with E-state index >= 15 is 0 Å². The van der Waals surface area contributed by atoms with Gasteiger partial charge < -0.3 is 5.32 Å². The summed E-state index contributed by atoms with van der Waals surface area (Å²) in [4.78, 5) is 6.57. The maximum Gasteiger partial charge on any atom is 0.417 e. The van der Waals surface area contributed by atoms with Crippen molar-refractivity contribution in [1.29, 1.82) is 0 Å². The molecule has 0 aromatic carbocycles. The zero-order valence-electron chi connectivity index (χ0n) is 13.6. The molecule has 3 heterocycles. The first kappa shape index (κ1) is 16.7. The van der Waals surface area contributed by atoms with Crippen LogP contribution < -0.4 is 5.32 Å². The van der Waals surface area contributed by atoms with E-state index in [0.717, 1.165) is 25.1 Å². The monoisotopic (exact) mass is 327 g/mol. The molecule has 0 saturated carbocycles. The second kappa shape index (κ2) is 6.40. The number of hydrogen-bond donors (Lipinski definition) is 1. The largest absolute Gasteiger partial charge is 0.417 e. The lowest BCUT2D eigenvalue weighted by molar-refractivity contribution is -0.137. The first-order valence-corrected chi connectivity index (χ1v) is 8.37. The molecule has 6 heteroatoms. The van der Waals surface area contributed by atoms with Crippen LogP contribution in [-0.4, -0.2) is 34.1 Å². The van der Waals surface area contributed by atoms with Crippen molar-refractivity contribution in [3.8, 4) is 0 Å². The van der Waals surface area contributed by atoms with Crippen LogP contribution in [0.5, 0.6) is 0 Å². The molecule has 1 unspecified atom stereocenters. The predicted octanol–water partition coefficient (Wildman–Crippen LogP) is 3.59. The Hall–Kier alpha value is -1.14. The Morgan fingerprint density at radius 3 is 2.35 bits per heavy atom. The third-order valence-corrected chi connectivity index (χ3v) is 5.11. The smallest absolute Gasteiger partial charge is 0.308 e. The van der Waals surface area contributed by atoms with Gasteiger partial charge in [-0.15, -0.1) is 0 Å². The van der Waals surface area contributed by atoms with Crippen molar-refractivity contribution in [3.63, 3.8) is 0 Å². The molecule has 2 aliphatic rings. The molecule has 2 bridgehead atoms. The fourth-order valence-corrected chi connectivity index (χ4v) is 4.17. The molecule has 0 spiro atoms. The normalized spacial score (nSPS) is 28.5. The molecule has 1 aromatic rings. The maximum atomic E-state index is 12.5. The fourth-order valence-electron chi connectivity index (χ4n) is 4.17. The van der Waals surface area contributed by atoms with Crippen molar-refractivity contribution in [1.82, 2.24) is 15.2 Å². The van der Waals surface area contributed by atoms with E-state index in [4.69, 9.17) is 0 Å². The van der Waals surface area contributed by atoms with Crippen molar-refractivity contribution in [2.45, 2.75) is 76.4 Å². The lowest BCUT2D eigenvalue weighted by Gasteiger charge is -2.41. The Morgan fingerprint density at radius 1 is 1.22 bits per heavy atom. The maximum absolute atomic E-state index is 12.5. The van der Waals surface area contributed by atoms with Crippen molar-refractivity contribution in [2.75, 3.05) is 0 Å². The highest BCUT2D eigenvalue weighted by atomic mass is 19.4. The molecule has 0 amide bonds. The van der Waals surface area contributed by atoms with Crippen LogP contribution in [0, 0.1) is 0 Å². The topological polar surface area (TPSA) is 28.2 Å². The van der Waals surface area contributed by atoms with Crippen LogP contribution in [-0.2, 0) is 12.7 Å². The van der Waals surface area contributed by atoms with Gasteiger partial charge in [-0.3, -0.25) is 9.88 Å². The average molecular weight is 327 g/mol. The van der Waals surface area contributed by atoms with Crippen molar-refractivity contribution < 1.29 is 13.2 Å². The van der Waals surface area contributed by atoms with Gasteiger partial charge in [0, 0.05) is 36.9 Å². The van der Waals surface area contributed by atoms with Crippen molar-refractivity contribution in [3.05, 3.63) is 29.6 Å². The predicted molar refractivity (Wildman–Crippen MR) is 82.9 cm³/mol. The molecule has 3 atom stereocenters. The quantitative estimate of drug-likeness (QED) is 0.916. The molecule has 128 valence electrons. The third kappa shape index (κ3) is 3.69. The molecule has 0 radical (unpaired) electrons. The lowest BCUT2D eigenvalue weighted by Crippen LogP contribution is -2.51. The summed E-state index contributed by atoms with van der Waals surface area (Å²) < 4.78 is 37.6. The third-order valence-electron chi connectivity index (χ3n) is 5.11. The van der Waals surface area contributed by atoms with E-state index < -0.39 is 11.7 Å². The van der Waals surface area contributed by atoms with Crippen LogP contribution in [0.1, 0.15) is 50.8 Å². The first-order valence-electron chi connectivity index (χ1n) is 8.37. The summed E-state index contributed by atoms with van der Waals surface area (Å²) >= 11 is 0. The second-order valence-electron chi connectivity index (χ2n) is 7.01. The van der Waals surface area contributed by atoms with Gasteiger partial charge in [-0.1, -0.05) is 0 Å². The van der Waals surface area contributed by atoms with E-state index in [-0.39, 0.29) is 0 Å². The number of pyridine rings is 1. The lowest BCUT2D eigenvalue weighted by atomic mass is 9.96. The Labute approximate surface area is 135 Å². The highest BCUT2D eigenvalue weighted by molar-refractivity contribution is 5.17. The Morgan fingerprint density at radius 2 is 1.87 bits per heavy atom. The number of piperidine rings is 1. The highest BCUT2D eigenvalue weighted by Crippen LogP contribution is 2.37. The van der Waals surface area contributed by atoms with Gasteiger partial charge in [0.05, 0.1) is 11.3 Å². The van der Waals surface area contributed by atoms with E-state index in [1.165, 1.54) is 18.9 Å². The van der Waals surface area contributed by atoms with Gasteiger partial charge in [0.15, 0.2) is 0 Å². The van der Waals surface area contributed by atoms with Gasteiger partial charge in [-0.2, -0.15) is 13.2 Å². The summed E-state index contributed by atoms with van der Waals surface area (Å²) in [5.41, 5.74) is -0.0267. The van der Waals surface area contributed by atoms with E-state index in [1.54, 1.807) is 0 Å². The zero-order valence-corrected chi connectivity index (χ0v) is 13.6. The summed E-state index contributed by atoms with van der Waals surface area (Å²) in [5, 5.41) is 3.49.